The monoisotopic (exact) mass is 625 g/mol. The molecule has 2 aromatic rings. The number of fused-ring (bicyclic) bond motifs is 1. The molecule has 1 aliphatic rings. The van der Waals surface area contributed by atoms with Crippen molar-refractivity contribution in [3.05, 3.63) is 56.6 Å². The lowest BCUT2D eigenvalue weighted by Gasteiger charge is -2.24. The van der Waals surface area contributed by atoms with E-state index < -0.39 is 59.1 Å². The van der Waals surface area contributed by atoms with Crippen molar-refractivity contribution in [2.75, 3.05) is 13.6 Å². The van der Waals surface area contributed by atoms with Gasteiger partial charge in [0.25, 0.3) is 15.7 Å². The number of sulfonamides is 2. The van der Waals surface area contributed by atoms with Crippen molar-refractivity contribution >= 4 is 37.7 Å². The molecule has 1 heterocycles. The zero-order valence-electron chi connectivity index (χ0n) is 24.2. The number of aliphatic imine (C=N–C) groups is 1. The normalized spacial score (nSPS) is 15.6. The molecule has 1 aliphatic heterocycles. The van der Waals surface area contributed by atoms with Crippen LogP contribution in [0.1, 0.15) is 48.9 Å². The number of benzene rings is 2. The summed E-state index contributed by atoms with van der Waals surface area (Å²) in [5.41, 5.74) is 7.28. The van der Waals surface area contributed by atoms with Crippen LogP contribution >= 0.6 is 0 Å². The number of rotatable bonds is 11. The predicted molar refractivity (Wildman–Crippen MR) is 155 cm³/mol. The summed E-state index contributed by atoms with van der Waals surface area (Å²) in [5, 5.41) is 21.0. The first-order valence-electron chi connectivity index (χ1n) is 12.9. The van der Waals surface area contributed by atoms with Crippen molar-refractivity contribution < 1.29 is 36.4 Å². The molecule has 3 rings (SSSR count). The van der Waals surface area contributed by atoms with Crippen LogP contribution in [0.15, 0.2) is 39.0 Å². The number of likely N-dealkylation sites (N-methyl/N-ethyl adjacent to an activating group) is 1. The minimum atomic E-state index is -4.54. The third kappa shape index (κ3) is 6.50. The SMILES string of the molecule is Cc1c(C)c(S(=O)(=O)NC(N)=NCCC[C@@H](C(=O)O)N(C)S(=O)(=O)c2ccccc2[N+](=O)[O-])c(C)c2c1OC(C)(C)C2. The average Bonchev–Trinajstić information content (AvgIpc) is 3.22. The van der Waals surface area contributed by atoms with Gasteiger partial charge in [0.15, 0.2) is 4.90 Å². The maximum Gasteiger partial charge on any atom is 0.322 e. The maximum absolute atomic E-state index is 13.3. The number of nitro groups is 1. The molecule has 2 aromatic carbocycles. The number of guanidine groups is 1. The molecule has 0 fully saturated rings. The van der Waals surface area contributed by atoms with Crippen molar-refractivity contribution in [1.29, 1.82) is 0 Å². The van der Waals surface area contributed by atoms with Crippen LogP contribution in [0.5, 0.6) is 5.75 Å². The topological polar surface area (TPSA) is 212 Å². The first kappa shape index (κ1) is 32.8. The number of carboxylic acid groups (broad SMARTS) is 1. The van der Waals surface area contributed by atoms with Crippen LogP contribution in [0.2, 0.25) is 0 Å². The molecule has 0 amide bonds. The van der Waals surface area contributed by atoms with E-state index in [-0.39, 0.29) is 24.3 Å². The van der Waals surface area contributed by atoms with Crippen LogP contribution in [0.3, 0.4) is 0 Å². The Kier molecular flexibility index (Phi) is 9.24. The van der Waals surface area contributed by atoms with Gasteiger partial charge in [0.2, 0.25) is 16.0 Å². The molecule has 1 atom stereocenters. The fourth-order valence-electron chi connectivity index (χ4n) is 4.96. The standard InChI is InChI=1S/C26H35N5O9S2/c1-15-16(2)23(17(3)18-14-26(4,5)40-22(15)18)41(36,37)29-25(27)28-13-9-11-20(24(32)33)30(6)42(38,39)21-12-8-7-10-19(21)31(34)35/h7-8,10,12,20H,9,11,13-14H2,1-6H3,(H,32,33)(H3,27,28,29)/t20-/m0/s1. The third-order valence-corrected chi connectivity index (χ3v) is 10.7. The van der Waals surface area contributed by atoms with Gasteiger partial charge in [-0.15, -0.1) is 0 Å². The van der Waals surface area contributed by atoms with Crippen molar-refractivity contribution in [2.24, 2.45) is 10.7 Å². The van der Waals surface area contributed by atoms with Gasteiger partial charge in [0.1, 0.15) is 17.4 Å². The van der Waals surface area contributed by atoms with E-state index in [9.17, 15) is 36.9 Å². The van der Waals surface area contributed by atoms with E-state index in [1.807, 2.05) is 13.8 Å². The molecule has 0 radical (unpaired) electrons. The number of aliphatic carboxylic acids is 1. The van der Waals surface area contributed by atoms with Crippen LogP contribution in [0, 0.1) is 30.9 Å². The highest BCUT2D eigenvalue weighted by Gasteiger charge is 2.38. The first-order chi connectivity index (χ1) is 19.3. The third-order valence-electron chi connectivity index (χ3n) is 7.16. The number of carboxylic acids is 1. The van der Waals surface area contributed by atoms with Gasteiger partial charge >= 0.3 is 5.97 Å². The van der Waals surface area contributed by atoms with Gasteiger partial charge in [0.05, 0.1) is 9.82 Å². The lowest BCUT2D eigenvalue weighted by Crippen LogP contribution is -2.42. The number of hydrogen-bond acceptors (Lipinski definition) is 9. The lowest BCUT2D eigenvalue weighted by molar-refractivity contribution is -0.387. The summed E-state index contributed by atoms with van der Waals surface area (Å²) in [4.78, 5) is 25.8. The van der Waals surface area contributed by atoms with Crippen LogP contribution in [-0.4, -0.2) is 68.3 Å². The minimum Gasteiger partial charge on any atom is -0.487 e. The smallest absolute Gasteiger partial charge is 0.322 e. The Morgan fingerprint density at radius 2 is 1.81 bits per heavy atom. The molecule has 230 valence electrons. The van der Waals surface area contributed by atoms with E-state index >= 15 is 0 Å². The molecule has 0 saturated heterocycles. The van der Waals surface area contributed by atoms with Crippen LogP contribution in [0.4, 0.5) is 5.69 Å². The number of para-hydroxylation sites is 1. The number of nitrogens with two attached hydrogens (primary N) is 1. The molecular weight excluding hydrogens is 590 g/mol. The number of nitrogens with zero attached hydrogens (tertiary/aromatic N) is 3. The Morgan fingerprint density at radius 3 is 2.40 bits per heavy atom. The number of carbonyl (C=O) groups is 1. The largest absolute Gasteiger partial charge is 0.487 e. The van der Waals surface area contributed by atoms with Gasteiger partial charge in [-0.1, -0.05) is 12.1 Å². The van der Waals surface area contributed by atoms with Gasteiger partial charge < -0.3 is 15.6 Å². The molecule has 42 heavy (non-hydrogen) atoms. The highest BCUT2D eigenvalue weighted by atomic mass is 32.2. The molecule has 0 spiro atoms. The molecule has 0 unspecified atom stereocenters. The van der Waals surface area contributed by atoms with Gasteiger partial charge in [-0.3, -0.25) is 19.9 Å². The summed E-state index contributed by atoms with van der Waals surface area (Å²) in [6.45, 7) is 8.90. The Bertz CT molecular complexity index is 1670. The molecule has 4 N–H and O–H groups in total. The summed E-state index contributed by atoms with van der Waals surface area (Å²) in [5.74, 6) is -1.21. The number of hydrogen-bond donors (Lipinski definition) is 3. The number of nitro benzene ring substituents is 1. The quantitative estimate of drug-likeness (QED) is 0.109. The molecule has 16 heteroatoms. The molecule has 14 nitrogen and oxygen atoms in total. The zero-order chi connectivity index (χ0) is 31.8. The molecule has 0 aromatic heterocycles. The van der Waals surface area contributed by atoms with E-state index in [4.69, 9.17) is 10.5 Å². The Morgan fingerprint density at radius 1 is 1.19 bits per heavy atom. The lowest BCUT2D eigenvalue weighted by atomic mass is 9.94. The highest BCUT2D eigenvalue weighted by Crippen LogP contribution is 2.43. The zero-order valence-corrected chi connectivity index (χ0v) is 25.8. The summed E-state index contributed by atoms with van der Waals surface area (Å²) in [6.07, 6.45) is 0.319. The Labute approximate surface area is 244 Å². The predicted octanol–water partition coefficient (Wildman–Crippen LogP) is 2.38. The van der Waals surface area contributed by atoms with E-state index in [1.54, 1.807) is 20.8 Å². The Balaban J connectivity index is 1.74. The van der Waals surface area contributed by atoms with Crippen LogP contribution in [0.25, 0.3) is 0 Å². The van der Waals surface area contributed by atoms with Crippen molar-refractivity contribution in [2.45, 2.75) is 75.3 Å². The number of nitrogens with one attached hydrogen (secondary N) is 1. The molecule has 0 saturated carbocycles. The summed E-state index contributed by atoms with van der Waals surface area (Å²) in [7, 11) is -7.66. The van der Waals surface area contributed by atoms with Gasteiger partial charge in [-0.25, -0.2) is 21.6 Å². The maximum atomic E-state index is 13.3. The second kappa shape index (κ2) is 11.9. The second-order valence-electron chi connectivity index (χ2n) is 10.7. The second-order valence-corrected chi connectivity index (χ2v) is 14.3. The van der Waals surface area contributed by atoms with Crippen molar-refractivity contribution in [1.82, 2.24) is 9.03 Å². The van der Waals surface area contributed by atoms with Crippen LogP contribution in [-0.2, 0) is 31.3 Å². The van der Waals surface area contributed by atoms with Crippen molar-refractivity contribution in [3.63, 3.8) is 0 Å². The fourth-order valence-corrected chi connectivity index (χ4v) is 7.99. The Hall–Kier alpha value is -3.76. The van der Waals surface area contributed by atoms with E-state index in [2.05, 4.69) is 9.71 Å². The van der Waals surface area contributed by atoms with Crippen LogP contribution < -0.4 is 15.2 Å². The number of ether oxygens (including phenoxy) is 1. The van der Waals surface area contributed by atoms with E-state index in [0.717, 1.165) is 24.7 Å². The fraction of sp³-hybridized carbons (Fsp3) is 0.462. The average molecular weight is 626 g/mol. The summed E-state index contributed by atoms with van der Waals surface area (Å²) < 4.78 is 61.6. The van der Waals surface area contributed by atoms with Gasteiger partial charge in [-0.2, -0.15) is 4.31 Å². The molecule has 0 bridgehead atoms. The van der Waals surface area contributed by atoms with Crippen molar-refractivity contribution in [3.8, 4) is 5.75 Å². The van der Waals surface area contributed by atoms with E-state index in [1.165, 1.54) is 12.1 Å². The first-order valence-corrected chi connectivity index (χ1v) is 15.8. The summed E-state index contributed by atoms with van der Waals surface area (Å²) in [6, 6.07) is 3.06. The van der Waals surface area contributed by atoms with Gasteiger partial charge in [-0.05, 0) is 70.2 Å². The van der Waals surface area contributed by atoms with Gasteiger partial charge in [0, 0.05) is 31.6 Å². The minimum absolute atomic E-state index is 0.0125. The summed E-state index contributed by atoms with van der Waals surface area (Å²) >= 11 is 0. The van der Waals surface area contributed by atoms with E-state index in [0.29, 0.717) is 33.2 Å². The molecular formula is C26H35N5O9S2. The highest BCUT2D eigenvalue weighted by molar-refractivity contribution is 7.90. The molecule has 0 aliphatic carbocycles.